The van der Waals surface area contributed by atoms with Gasteiger partial charge in [0.15, 0.2) is 5.78 Å². The Morgan fingerprint density at radius 1 is 1.33 bits per heavy atom. The largest absolute Gasteiger partial charge is 0.465 e. The summed E-state index contributed by atoms with van der Waals surface area (Å²) < 4.78 is 5.23. The molecule has 1 heterocycles. The van der Waals surface area contributed by atoms with E-state index in [0.29, 0.717) is 26.9 Å². The lowest BCUT2D eigenvalue weighted by Gasteiger charge is -2.08. The summed E-state index contributed by atoms with van der Waals surface area (Å²) in [6.45, 7) is 0. The summed E-state index contributed by atoms with van der Waals surface area (Å²) in [4.78, 5) is 12.6. The van der Waals surface area contributed by atoms with Crippen LogP contribution in [0, 0.1) is 0 Å². The number of thiocarbonyl (C=S) groups is 1. The highest BCUT2D eigenvalue weighted by Crippen LogP contribution is 2.17. The fraction of sp³-hybridized carbons (Fsp3) is 0.0667. The molecule has 0 radical (unpaired) electrons. The number of nitrogens with one attached hydrogen (secondary N) is 1. The molecule has 4 nitrogen and oxygen atoms in total. The Balaban J connectivity index is 2.21. The Hall–Kier alpha value is -1.95. The smallest absolute Gasteiger partial charge is 0.167 e. The van der Waals surface area contributed by atoms with E-state index in [2.05, 4.69) is 5.43 Å². The lowest BCUT2D eigenvalue weighted by atomic mass is 10.0. The molecule has 0 fully saturated rings. The molecule has 0 saturated heterocycles. The van der Waals surface area contributed by atoms with E-state index in [0.717, 1.165) is 0 Å². The Morgan fingerprint density at radius 3 is 2.62 bits per heavy atom. The maximum atomic E-state index is 12.3. The first-order valence-corrected chi connectivity index (χ1v) is 6.92. The number of nitrogens with two attached hydrogens (primary N) is 1. The van der Waals surface area contributed by atoms with Crippen LogP contribution in [-0.2, 0) is 0 Å². The Kier molecular flexibility index (Phi) is 5.27. The predicted octanol–water partition coefficient (Wildman–Crippen LogP) is 3.38. The Labute approximate surface area is 132 Å². The van der Waals surface area contributed by atoms with Crippen molar-refractivity contribution in [2.75, 3.05) is 0 Å². The summed E-state index contributed by atoms with van der Waals surface area (Å²) in [6.07, 6.45) is 3.35. The molecule has 3 N–H and O–H groups in total. The quantitative estimate of drug-likeness (QED) is 0.290. The highest BCUT2D eigenvalue weighted by atomic mass is 35.5. The van der Waals surface area contributed by atoms with Crippen molar-refractivity contribution < 1.29 is 9.21 Å². The van der Waals surface area contributed by atoms with Crippen molar-refractivity contribution in [1.82, 2.24) is 5.43 Å². The molecule has 21 heavy (non-hydrogen) atoms. The van der Waals surface area contributed by atoms with E-state index in [4.69, 9.17) is 34.1 Å². The third-order valence-electron chi connectivity index (χ3n) is 2.80. The molecule has 0 bridgehead atoms. The monoisotopic (exact) mass is 320 g/mol. The van der Waals surface area contributed by atoms with Gasteiger partial charge in [-0.25, -0.2) is 5.84 Å². The number of carbonyl (C=O) groups is 1. The zero-order valence-electron chi connectivity index (χ0n) is 11.0. The first-order valence-electron chi connectivity index (χ1n) is 6.14. The van der Waals surface area contributed by atoms with E-state index < -0.39 is 0 Å². The van der Waals surface area contributed by atoms with Crippen molar-refractivity contribution in [3.8, 4) is 0 Å². The molecule has 0 saturated carbocycles. The third-order valence-corrected chi connectivity index (χ3v) is 3.43. The van der Waals surface area contributed by atoms with Gasteiger partial charge in [0.05, 0.1) is 6.26 Å². The van der Waals surface area contributed by atoms with Gasteiger partial charge in [0.25, 0.3) is 0 Å². The van der Waals surface area contributed by atoms with E-state index >= 15 is 0 Å². The van der Waals surface area contributed by atoms with Crippen molar-refractivity contribution in [3.05, 3.63) is 64.6 Å². The lowest BCUT2D eigenvalue weighted by molar-refractivity contribution is 0.0994. The molecular formula is C15H13ClN2O2S. The summed E-state index contributed by atoms with van der Waals surface area (Å²) in [5, 5.41) is 0.581. The van der Waals surface area contributed by atoms with Gasteiger partial charge >= 0.3 is 0 Å². The molecule has 0 spiro atoms. The predicted molar refractivity (Wildman–Crippen MR) is 87.0 cm³/mol. The number of hydrogen-bond acceptors (Lipinski definition) is 4. The van der Waals surface area contributed by atoms with E-state index in [1.807, 2.05) is 0 Å². The molecular weight excluding hydrogens is 308 g/mol. The van der Waals surface area contributed by atoms with Crippen molar-refractivity contribution in [3.63, 3.8) is 0 Å². The van der Waals surface area contributed by atoms with Crippen molar-refractivity contribution in [2.45, 2.75) is 6.42 Å². The number of ketones is 1. The molecule has 0 aliphatic carbocycles. The summed E-state index contributed by atoms with van der Waals surface area (Å²) in [5.41, 5.74) is 3.54. The summed E-state index contributed by atoms with van der Waals surface area (Å²) >= 11 is 10.9. The number of carbonyl (C=O) groups excluding carboxylic acids is 1. The van der Waals surface area contributed by atoms with Gasteiger partial charge < -0.3 is 9.84 Å². The van der Waals surface area contributed by atoms with Crippen molar-refractivity contribution in [1.29, 1.82) is 0 Å². The average Bonchev–Trinajstić information content (AvgIpc) is 2.99. The normalized spacial score (nSPS) is 11.2. The van der Waals surface area contributed by atoms with Crippen LogP contribution in [0.15, 0.2) is 52.7 Å². The van der Waals surface area contributed by atoms with Crippen LogP contribution in [0.1, 0.15) is 22.5 Å². The summed E-state index contributed by atoms with van der Waals surface area (Å²) in [5.74, 6) is 5.87. The SMILES string of the molecule is NNC(=S)/C(=C\c1ccco1)CC(=O)c1ccc(Cl)cc1. The zero-order valence-corrected chi connectivity index (χ0v) is 12.6. The van der Waals surface area contributed by atoms with Crippen LogP contribution < -0.4 is 11.3 Å². The number of benzene rings is 1. The molecule has 1 aromatic heterocycles. The van der Waals surface area contributed by atoms with Gasteiger partial charge in [0.1, 0.15) is 10.7 Å². The average molecular weight is 321 g/mol. The molecule has 0 atom stereocenters. The van der Waals surface area contributed by atoms with Crippen LogP contribution in [0.2, 0.25) is 5.02 Å². The van der Waals surface area contributed by atoms with Crippen LogP contribution in [0.3, 0.4) is 0 Å². The number of hydrogen-bond donors (Lipinski definition) is 2. The second kappa shape index (κ2) is 7.17. The van der Waals surface area contributed by atoms with Crippen LogP contribution in [-0.4, -0.2) is 10.8 Å². The number of hydrazine groups is 1. The molecule has 6 heteroatoms. The topological polar surface area (TPSA) is 68.3 Å². The van der Waals surface area contributed by atoms with Crippen molar-refractivity contribution >= 4 is 40.7 Å². The van der Waals surface area contributed by atoms with Gasteiger partial charge in [-0.1, -0.05) is 23.8 Å². The first-order chi connectivity index (χ1) is 10.1. The minimum absolute atomic E-state index is 0.0814. The Bertz CT molecular complexity index is 663. The van der Waals surface area contributed by atoms with E-state index in [-0.39, 0.29) is 12.2 Å². The lowest BCUT2D eigenvalue weighted by Crippen LogP contribution is -2.30. The van der Waals surface area contributed by atoms with Gasteiger partial charge in [-0.2, -0.15) is 0 Å². The van der Waals surface area contributed by atoms with Gasteiger partial charge in [-0.05, 0) is 48.0 Å². The molecule has 1 aromatic carbocycles. The molecule has 2 rings (SSSR count). The van der Waals surface area contributed by atoms with Crippen LogP contribution in [0.4, 0.5) is 0 Å². The van der Waals surface area contributed by atoms with Crippen LogP contribution in [0.5, 0.6) is 0 Å². The first kappa shape index (κ1) is 15.4. The molecule has 108 valence electrons. The van der Waals surface area contributed by atoms with E-state index in [9.17, 15) is 4.79 Å². The van der Waals surface area contributed by atoms with Gasteiger partial charge in [0, 0.05) is 17.0 Å². The van der Waals surface area contributed by atoms with Gasteiger partial charge in [-0.15, -0.1) is 0 Å². The van der Waals surface area contributed by atoms with Gasteiger partial charge in [0.2, 0.25) is 0 Å². The molecule has 0 aliphatic rings. The molecule has 2 aromatic rings. The number of halogens is 1. The molecule has 0 amide bonds. The van der Waals surface area contributed by atoms with Gasteiger partial charge in [-0.3, -0.25) is 4.79 Å². The maximum absolute atomic E-state index is 12.3. The highest BCUT2D eigenvalue weighted by molar-refractivity contribution is 7.80. The summed E-state index contributed by atoms with van der Waals surface area (Å²) in [7, 11) is 0. The third kappa shape index (κ3) is 4.26. The van der Waals surface area contributed by atoms with E-state index in [1.54, 1.807) is 48.7 Å². The number of Topliss-reactive ketones (excluding diaryl/α,β-unsaturated/α-hetero) is 1. The second-order valence-electron chi connectivity index (χ2n) is 4.27. The minimum atomic E-state index is -0.0814. The number of furan rings is 1. The highest BCUT2D eigenvalue weighted by Gasteiger charge is 2.13. The number of rotatable bonds is 5. The van der Waals surface area contributed by atoms with E-state index in [1.165, 1.54) is 0 Å². The fourth-order valence-corrected chi connectivity index (χ4v) is 2.00. The Morgan fingerprint density at radius 2 is 2.05 bits per heavy atom. The molecule has 0 unspecified atom stereocenters. The van der Waals surface area contributed by atoms with Crippen LogP contribution in [0.25, 0.3) is 6.08 Å². The minimum Gasteiger partial charge on any atom is -0.465 e. The summed E-state index contributed by atoms with van der Waals surface area (Å²) in [6, 6.07) is 10.2. The zero-order chi connectivity index (χ0) is 15.2. The molecule has 0 aliphatic heterocycles. The standard InChI is InChI=1S/C15H13ClN2O2S/c16-12-5-3-10(4-6-12)14(19)9-11(15(21)18-17)8-13-2-1-7-20-13/h1-8H,9,17H2,(H,18,21)/b11-8-. The van der Waals surface area contributed by atoms with Crippen molar-refractivity contribution in [2.24, 2.45) is 5.84 Å². The second-order valence-corrected chi connectivity index (χ2v) is 5.11. The maximum Gasteiger partial charge on any atom is 0.167 e. The fourth-order valence-electron chi connectivity index (χ4n) is 1.75. The van der Waals surface area contributed by atoms with Crippen LogP contribution >= 0.6 is 23.8 Å².